The highest BCUT2D eigenvalue weighted by molar-refractivity contribution is 7.54. The predicted octanol–water partition coefficient (Wildman–Crippen LogP) is 3.41. The lowest BCUT2D eigenvalue weighted by atomic mass is 10.3. The van der Waals surface area contributed by atoms with Gasteiger partial charge in [-0.3, -0.25) is 9.13 Å². The van der Waals surface area contributed by atoms with E-state index in [1.807, 2.05) is 0 Å². The summed E-state index contributed by atoms with van der Waals surface area (Å²) in [6, 6.07) is 0. The molecule has 188 valence electrons. The van der Waals surface area contributed by atoms with Crippen LogP contribution in [0.1, 0.15) is 27.7 Å². The second kappa shape index (κ2) is 14.9. The Labute approximate surface area is 189 Å². The zero-order valence-corrected chi connectivity index (χ0v) is 21.1. The zero-order chi connectivity index (χ0) is 24.0. The van der Waals surface area contributed by atoms with Gasteiger partial charge in [0.1, 0.15) is 13.2 Å². The van der Waals surface area contributed by atoms with Gasteiger partial charge in [0.05, 0.1) is 38.8 Å². The van der Waals surface area contributed by atoms with E-state index in [1.165, 1.54) is 9.80 Å². The van der Waals surface area contributed by atoms with Crippen molar-refractivity contribution in [2.24, 2.45) is 0 Å². The Morgan fingerprint density at radius 3 is 1.16 bits per heavy atom. The molecule has 0 aromatic heterocycles. The molecular formula is C18H36N2O10P2. The number of amides is 2. The van der Waals surface area contributed by atoms with E-state index in [0.717, 1.165) is 0 Å². The summed E-state index contributed by atoms with van der Waals surface area (Å²) in [4.78, 5) is 27.3. The van der Waals surface area contributed by atoms with Crippen molar-refractivity contribution in [2.75, 3.05) is 78.1 Å². The quantitative estimate of drug-likeness (QED) is 0.326. The minimum absolute atomic E-state index is 0.0277. The van der Waals surface area contributed by atoms with Crippen LogP contribution in [0.15, 0.2) is 0 Å². The smallest absolute Gasteiger partial charge is 0.409 e. The molecule has 2 amide bonds. The van der Waals surface area contributed by atoms with Gasteiger partial charge >= 0.3 is 27.4 Å². The maximum atomic E-state index is 12.4. The number of nitrogens with zero attached hydrogens (tertiary/aromatic N) is 2. The van der Waals surface area contributed by atoms with Crippen LogP contribution in [0.5, 0.6) is 0 Å². The maximum absolute atomic E-state index is 12.4. The number of ether oxygens (including phenoxy) is 2. The van der Waals surface area contributed by atoms with Crippen LogP contribution in [0, 0.1) is 0 Å². The van der Waals surface area contributed by atoms with Crippen LogP contribution in [-0.2, 0) is 36.7 Å². The lowest BCUT2D eigenvalue weighted by Crippen LogP contribution is -2.51. The molecule has 1 fully saturated rings. The van der Waals surface area contributed by atoms with E-state index in [0.29, 0.717) is 0 Å². The van der Waals surface area contributed by atoms with Crippen LogP contribution in [0.3, 0.4) is 0 Å². The summed E-state index contributed by atoms with van der Waals surface area (Å²) in [7, 11) is -6.55. The van der Waals surface area contributed by atoms with Crippen molar-refractivity contribution in [3.63, 3.8) is 0 Å². The number of hydrogen-bond acceptors (Lipinski definition) is 10. The minimum atomic E-state index is -3.27. The predicted molar refractivity (Wildman–Crippen MR) is 117 cm³/mol. The average Bonchev–Trinajstić information content (AvgIpc) is 2.74. The monoisotopic (exact) mass is 502 g/mol. The molecule has 0 bridgehead atoms. The molecule has 1 aliphatic rings. The van der Waals surface area contributed by atoms with Crippen LogP contribution in [0.25, 0.3) is 0 Å². The fourth-order valence-corrected chi connectivity index (χ4v) is 5.73. The highest BCUT2D eigenvalue weighted by Gasteiger charge is 2.29. The van der Waals surface area contributed by atoms with Gasteiger partial charge in [0.2, 0.25) is 0 Å². The molecule has 1 aliphatic heterocycles. The molecule has 0 aromatic carbocycles. The van der Waals surface area contributed by atoms with Crippen LogP contribution in [0.2, 0.25) is 0 Å². The van der Waals surface area contributed by atoms with E-state index in [-0.39, 0.29) is 78.1 Å². The number of rotatable bonds is 14. The Balaban J connectivity index is 2.36. The number of hydrogen-bond donors (Lipinski definition) is 0. The first-order chi connectivity index (χ1) is 15.2. The first-order valence-corrected chi connectivity index (χ1v) is 14.3. The van der Waals surface area contributed by atoms with Gasteiger partial charge < -0.3 is 37.4 Å². The van der Waals surface area contributed by atoms with Crippen molar-refractivity contribution in [3.05, 3.63) is 0 Å². The van der Waals surface area contributed by atoms with E-state index in [2.05, 4.69) is 0 Å². The SMILES string of the molecule is CCOP(=O)(CCOC(=O)N1CCN(C(=O)OCCP(=O)(OCC)OCC)CC1)OCC. The van der Waals surface area contributed by atoms with Gasteiger partial charge in [-0.2, -0.15) is 0 Å². The number of piperazine rings is 1. The lowest BCUT2D eigenvalue weighted by molar-refractivity contribution is 0.0633. The normalized spacial score (nSPS) is 15.0. The third-order valence-electron chi connectivity index (χ3n) is 4.28. The summed E-state index contributed by atoms with van der Waals surface area (Å²) >= 11 is 0. The van der Waals surface area contributed by atoms with Gasteiger partial charge in [-0.25, -0.2) is 9.59 Å². The zero-order valence-electron chi connectivity index (χ0n) is 19.4. The van der Waals surface area contributed by atoms with E-state index >= 15 is 0 Å². The molecule has 0 spiro atoms. The molecule has 32 heavy (non-hydrogen) atoms. The Kier molecular flexibility index (Phi) is 13.4. The molecule has 0 N–H and O–H groups in total. The Morgan fingerprint density at radius 2 is 0.906 bits per heavy atom. The molecule has 0 unspecified atom stereocenters. The standard InChI is InChI=1S/C18H36N2O10P2/c1-5-27-31(23,28-6-2)15-13-25-17(21)19-9-11-20(12-10-19)18(22)26-14-16-32(24,29-7-3)30-8-4/h5-16H2,1-4H3. The van der Waals surface area contributed by atoms with Crippen molar-refractivity contribution >= 4 is 27.4 Å². The van der Waals surface area contributed by atoms with Gasteiger partial charge in [0.25, 0.3) is 0 Å². The molecular weight excluding hydrogens is 466 g/mol. The third-order valence-corrected chi connectivity index (χ3v) is 8.35. The van der Waals surface area contributed by atoms with Crippen LogP contribution >= 0.6 is 15.2 Å². The van der Waals surface area contributed by atoms with Crippen LogP contribution in [0.4, 0.5) is 9.59 Å². The largest absolute Gasteiger partial charge is 0.449 e. The molecule has 12 nitrogen and oxygen atoms in total. The van der Waals surface area contributed by atoms with Crippen LogP contribution < -0.4 is 0 Å². The Hall–Kier alpha value is -1.16. The minimum Gasteiger partial charge on any atom is -0.449 e. The van der Waals surface area contributed by atoms with Crippen molar-refractivity contribution < 1.29 is 46.3 Å². The van der Waals surface area contributed by atoms with E-state index in [9.17, 15) is 18.7 Å². The summed E-state index contributed by atoms with van der Waals surface area (Å²) in [5, 5.41) is 0. The first kappa shape index (κ1) is 28.9. The summed E-state index contributed by atoms with van der Waals surface area (Å²) in [5.41, 5.74) is 0. The van der Waals surface area contributed by atoms with Crippen molar-refractivity contribution in [1.29, 1.82) is 0 Å². The topological polar surface area (TPSA) is 130 Å². The maximum Gasteiger partial charge on any atom is 0.409 e. The van der Waals surface area contributed by atoms with Gasteiger partial charge in [-0.05, 0) is 27.7 Å². The number of carbonyl (C=O) groups excluding carboxylic acids is 2. The third kappa shape index (κ3) is 10.2. The highest BCUT2D eigenvalue weighted by Crippen LogP contribution is 2.48. The lowest BCUT2D eigenvalue weighted by Gasteiger charge is -2.33. The molecule has 1 rings (SSSR count). The summed E-state index contributed by atoms with van der Waals surface area (Å²) in [6.45, 7) is 8.62. The number of carbonyl (C=O) groups is 2. The molecule has 0 saturated carbocycles. The molecule has 0 aliphatic carbocycles. The van der Waals surface area contributed by atoms with Crippen molar-refractivity contribution in [1.82, 2.24) is 9.80 Å². The van der Waals surface area contributed by atoms with Gasteiger partial charge in [-0.1, -0.05) is 0 Å². The average molecular weight is 502 g/mol. The fraction of sp³-hybridized carbons (Fsp3) is 0.889. The van der Waals surface area contributed by atoms with Gasteiger partial charge in [-0.15, -0.1) is 0 Å². The summed E-state index contributed by atoms with van der Waals surface area (Å²) < 4.78 is 55.7. The fourth-order valence-electron chi connectivity index (χ4n) is 2.86. The second-order valence-electron chi connectivity index (χ2n) is 6.54. The van der Waals surface area contributed by atoms with E-state index in [1.54, 1.807) is 27.7 Å². The molecule has 1 saturated heterocycles. The van der Waals surface area contributed by atoms with Crippen molar-refractivity contribution in [2.45, 2.75) is 27.7 Å². The summed E-state index contributed by atoms with van der Waals surface area (Å²) in [5.74, 6) is 0. The molecule has 0 radical (unpaired) electrons. The highest BCUT2D eigenvalue weighted by atomic mass is 31.2. The molecule has 0 aromatic rings. The molecule has 0 atom stereocenters. The van der Waals surface area contributed by atoms with Crippen molar-refractivity contribution in [3.8, 4) is 0 Å². The Bertz CT molecular complexity index is 594. The second-order valence-corrected chi connectivity index (χ2v) is 10.9. The van der Waals surface area contributed by atoms with E-state index < -0.39 is 27.4 Å². The summed E-state index contributed by atoms with van der Waals surface area (Å²) in [6.07, 6.45) is -1.18. The van der Waals surface area contributed by atoms with Gasteiger partial charge in [0.15, 0.2) is 0 Å². The Morgan fingerprint density at radius 1 is 0.625 bits per heavy atom. The molecule has 14 heteroatoms. The van der Waals surface area contributed by atoms with Crippen LogP contribution in [-0.4, -0.2) is 100 Å². The van der Waals surface area contributed by atoms with E-state index in [4.69, 9.17) is 27.6 Å². The van der Waals surface area contributed by atoms with Gasteiger partial charge in [0, 0.05) is 26.2 Å². The molecule has 1 heterocycles. The first-order valence-electron chi connectivity index (χ1n) is 10.8.